The fourth-order valence-electron chi connectivity index (χ4n) is 3.56. The maximum atomic E-state index is 12.6. The summed E-state index contributed by atoms with van der Waals surface area (Å²) in [6.45, 7) is 2.20. The van der Waals surface area contributed by atoms with Gasteiger partial charge in [0.15, 0.2) is 5.11 Å². The minimum atomic E-state index is -0.168. The van der Waals surface area contributed by atoms with Crippen molar-refractivity contribution in [1.82, 2.24) is 20.3 Å². The van der Waals surface area contributed by atoms with Gasteiger partial charge in [-0.25, -0.2) is 4.98 Å². The molecule has 2 N–H and O–H groups in total. The predicted octanol–water partition coefficient (Wildman–Crippen LogP) is 2.97. The van der Waals surface area contributed by atoms with Crippen LogP contribution in [0, 0.1) is 0 Å². The summed E-state index contributed by atoms with van der Waals surface area (Å²) in [5.74, 6) is 0.761. The molecule has 0 bridgehead atoms. The third-order valence-electron chi connectivity index (χ3n) is 5.05. The Hall–Kier alpha value is -2.13. The first-order valence-electron chi connectivity index (χ1n) is 10.5. The van der Waals surface area contributed by atoms with E-state index in [-0.39, 0.29) is 23.3 Å². The topological polar surface area (TPSA) is 77.6 Å². The number of nitrogens with one attached hydrogen (secondary N) is 2. The quantitative estimate of drug-likeness (QED) is 0.469. The number of carbonyl (C=O) groups excluding carboxylic acids is 2. The van der Waals surface area contributed by atoms with E-state index in [9.17, 15) is 9.59 Å². The van der Waals surface area contributed by atoms with Gasteiger partial charge < -0.3 is 10.6 Å². The number of nitrogens with zero attached hydrogens (tertiary/aromatic N) is 3. The molecule has 2 amide bonds. The lowest BCUT2D eigenvalue weighted by Gasteiger charge is -2.30. The van der Waals surface area contributed by atoms with Crippen molar-refractivity contribution in [2.45, 2.75) is 38.5 Å². The van der Waals surface area contributed by atoms with Crippen LogP contribution in [0.25, 0.3) is 0 Å². The van der Waals surface area contributed by atoms with Crippen LogP contribution in [0.1, 0.15) is 38.5 Å². The van der Waals surface area contributed by atoms with E-state index >= 15 is 0 Å². The first-order chi connectivity index (χ1) is 14.6. The number of anilines is 1. The van der Waals surface area contributed by atoms with E-state index < -0.39 is 0 Å². The molecule has 1 fully saturated rings. The number of hydrogen-bond donors (Lipinski definition) is 2. The summed E-state index contributed by atoms with van der Waals surface area (Å²) in [4.78, 5) is 28.7. The Balaban J connectivity index is 1.37. The van der Waals surface area contributed by atoms with Gasteiger partial charge in [0, 0.05) is 25.8 Å². The van der Waals surface area contributed by atoms with Crippen molar-refractivity contribution in [2.75, 3.05) is 36.5 Å². The smallest absolute Gasteiger partial charge is 0.251 e. The number of hydrazine groups is 1. The van der Waals surface area contributed by atoms with Crippen molar-refractivity contribution >= 4 is 46.7 Å². The van der Waals surface area contributed by atoms with E-state index in [1.807, 2.05) is 11.1 Å². The molecule has 0 spiro atoms. The van der Waals surface area contributed by atoms with Crippen molar-refractivity contribution in [3.8, 4) is 0 Å². The maximum Gasteiger partial charge on any atom is 0.251 e. The second-order valence-corrected chi connectivity index (χ2v) is 8.71. The normalized spacial score (nSPS) is 16.2. The number of thiocarbonyl (C=S) groups is 1. The van der Waals surface area contributed by atoms with Crippen LogP contribution in [0.2, 0.25) is 0 Å². The zero-order chi connectivity index (χ0) is 21.2. The molecular weight excluding hydrogens is 418 g/mol. The van der Waals surface area contributed by atoms with Crippen LogP contribution in [0.5, 0.6) is 0 Å². The summed E-state index contributed by atoms with van der Waals surface area (Å²) < 4.78 is 0. The maximum absolute atomic E-state index is 12.6. The van der Waals surface area contributed by atoms with Crippen LogP contribution in [-0.4, -0.2) is 63.1 Å². The first-order valence-corrected chi connectivity index (χ1v) is 12.0. The van der Waals surface area contributed by atoms with Crippen LogP contribution in [-0.2, 0) is 9.59 Å². The Morgan fingerprint density at radius 2 is 2.00 bits per heavy atom. The lowest BCUT2D eigenvalue weighted by molar-refractivity contribution is -0.135. The molecule has 0 aromatic carbocycles. The van der Waals surface area contributed by atoms with Crippen LogP contribution in [0.15, 0.2) is 36.0 Å². The molecule has 9 heteroatoms. The third-order valence-corrected chi connectivity index (χ3v) is 6.32. The molecule has 30 heavy (non-hydrogen) atoms. The number of amides is 2. The van der Waals surface area contributed by atoms with E-state index in [4.69, 9.17) is 12.2 Å². The number of hydrogen-bond acceptors (Lipinski definition) is 5. The summed E-state index contributed by atoms with van der Waals surface area (Å²) in [6, 6.07) is 5.33. The van der Waals surface area contributed by atoms with Crippen LogP contribution in [0.4, 0.5) is 5.82 Å². The van der Waals surface area contributed by atoms with Gasteiger partial charge >= 0.3 is 0 Å². The molecule has 0 saturated carbocycles. The predicted molar refractivity (Wildman–Crippen MR) is 125 cm³/mol. The van der Waals surface area contributed by atoms with Gasteiger partial charge in [-0.3, -0.25) is 19.6 Å². The fraction of sp³-hybridized carbons (Fsp3) is 0.524. The highest BCUT2D eigenvalue weighted by molar-refractivity contribution is 8.00. The number of aromatic nitrogens is 1. The Morgan fingerprint density at radius 3 is 2.77 bits per heavy atom. The molecule has 1 aromatic heterocycles. The van der Waals surface area contributed by atoms with E-state index in [2.05, 4.69) is 21.7 Å². The molecule has 1 saturated heterocycles. The molecule has 2 heterocycles. The summed E-state index contributed by atoms with van der Waals surface area (Å²) in [6.07, 6.45) is 10.8. The van der Waals surface area contributed by atoms with Gasteiger partial charge in [-0.05, 0) is 62.9 Å². The molecule has 162 valence electrons. The molecular formula is C21H29N5O2S2. The number of pyridine rings is 1. The van der Waals surface area contributed by atoms with Crippen LogP contribution >= 0.6 is 24.0 Å². The monoisotopic (exact) mass is 447 g/mol. The van der Waals surface area contributed by atoms with Crippen molar-refractivity contribution in [3.63, 3.8) is 0 Å². The first kappa shape index (κ1) is 22.6. The average Bonchev–Trinajstić information content (AvgIpc) is 3.25. The standard InChI is InChI=1S/C21H29N5O2S2/c27-19(24-18-9-4-5-11-22-18)15-30-16-20(28)25-13-6-14-26(25)21(29)23-12-10-17-7-2-1-3-8-17/h4-5,7,9,11H,1-3,6,8,10,12-16H2,(H,23,29)(H,22,24,27). The number of thioether (sulfide) groups is 1. The Bertz CT molecular complexity index is 772. The highest BCUT2D eigenvalue weighted by atomic mass is 32.2. The van der Waals surface area contributed by atoms with E-state index in [1.54, 1.807) is 23.3 Å². The molecule has 0 radical (unpaired) electrons. The largest absolute Gasteiger partial charge is 0.361 e. The highest BCUT2D eigenvalue weighted by Crippen LogP contribution is 2.19. The van der Waals surface area contributed by atoms with Gasteiger partial charge in [-0.1, -0.05) is 17.7 Å². The Morgan fingerprint density at radius 1 is 1.13 bits per heavy atom. The number of rotatable bonds is 8. The van der Waals surface area contributed by atoms with Gasteiger partial charge in [0.2, 0.25) is 5.91 Å². The molecule has 1 aliphatic carbocycles. The van der Waals surface area contributed by atoms with Gasteiger partial charge in [-0.15, -0.1) is 11.8 Å². The molecule has 0 atom stereocenters. The second kappa shape index (κ2) is 11.9. The van der Waals surface area contributed by atoms with E-state index in [0.717, 1.165) is 25.9 Å². The lowest BCUT2D eigenvalue weighted by atomic mass is 9.97. The Kier molecular flexibility index (Phi) is 8.95. The van der Waals surface area contributed by atoms with Gasteiger partial charge in [0.1, 0.15) is 5.82 Å². The zero-order valence-corrected chi connectivity index (χ0v) is 18.8. The molecule has 2 aliphatic rings. The summed E-state index contributed by atoms with van der Waals surface area (Å²) in [5.41, 5.74) is 1.51. The Labute approximate surface area is 187 Å². The fourth-order valence-corrected chi connectivity index (χ4v) is 4.53. The van der Waals surface area contributed by atoms with Crippen LogP contribution < -0.4 is 10.6 Å². The molecule has 7 nitrogen and oxygen atoms in total. The van der Waals surface area contributed by atoms with Crippen molar-refractivity contribution in [2.24, 2.45) is 0 Å². The highest BCUT2D eigenvalue weighted by Gasteiger charge is 2.28. The number of allylic oxidation sites excluding steroid dienone is 1. The minimum Gasteiger partial charge on any atom is -0.361 e. The minimum absolute atomic E-state index is 0.0257. The van der Waals surface area contributed by atoms with Crippen molar-refractivity contribution < 1.29 is 9.59 Å². The number of carbonyl (C=O) groups is 2. The lowest BCUT2D eigenvalue weighted by Crippen LogP contribution is -2.49. The van der Waals surface area contributed by atoms with Gasteiger partial charge in [-0.2, -0.15) is 0 Å². The summed E-state index contributed by atoms with van der Waals surface area (Å²) >= 11 is 6.82. The summed E-state index contributed by atoms with van der Waals surface area (Å²) in [7, 11) is 0. The molecule has 1 aromatic rings. The van der Waals surface area contributed by atoms with Crippen LogP contribution in [0.3, 0.4) is 0 Å². The van der Waals surface area contributed by atoms with Crippen molar-refractivity contribution in [3.05, 3.63) is 36.0 Å². The van der Waals surface area contributed by atoms with Crippen molar-refractivity contribution in [1.29, 1.82) is 0 Å². The summed E-state index contributed by atoms with van der Waals surface area (Å²) in [5, 5.41) is 10.2. The molecule has 1 aliphatic heterocycles. The second-order valence-electron chi connectivity index (χ2n) is 7.34. The molecule has 3 rings (SSSR count). The average molecular weight is 448 g/mol. The van der Waals surface area contributed by atoms with E-state index in [1.165, 1.54) is 43.0 Å². The SMILES string of the molecule is O=C(CSCC(=O)N1CCCN1C(=S)NCCC1=CCCCC1)Nc1ccccn1. The van der Waals surface area contributed by atoms with E-state index in [0.29, 0.717) is 17.5 Å². The zero-order valence-electron chi connectivity index (χ0n) is 17.1. The molecule has 0 unspecified atom stereocenters. The third kappa shape index (κ3) is 6.98. The van der Waals surface area contributed by atoms with Gasteiger partial charge in [0.25, 0.3) is 5.91 Å². The van der Waals surface area contributed by atoms with Gasteiger partial charge in [0.05, 0.1) is 11.5 Å².